The fourth-order valence-electron chi connectivity index (χ4n) is 5.03. The Balaban J connectivity index is 1.58. The minimum atomic E-state index is -4.26. The van der Waals surface area contributed by atoms with Crippen LogP contribution in [0.1, 0.15) is 12.5 Å². The van der Waals surface area contributed by atoms with E-state index in [1.807, 2.05) is 24.3 Å². The van der Waals surface area contributed by atoms with Crippen molar-refractivity contribution in [1.29, 1.82) is 0 Å². The minimum absolute atomic E-state index is 0.0630. The number of fused-ring (bicyclic) bond motifs is 1. The Kier molecular flexibility index (Phi) is 7.72. The van der Waals surface area contributed by atoms with Gasteiger partial charge in [-0.25, -0.2) is 18.3 Å². The number of hydrogen-bond acceptors (Lipinski definition) is 5. The van der Waals surface area contributed by atoms with Gasteiger partial charge in [0, 0.05) is 47.1 Å². The average Bonchev–Trinajstić information content (AvgIpc) is 3.43. The number of amides is 2. The van der Waals surface area contributed by atoms with Crippen molar-refractivity contribution in [3.63, 3.8) is 0 Å². The van der Waals surface area contributed by atoms with E-state index in [0.717, 1.165) is 19.2 Å². The molecule has 3 heterocycles. The molecule has 40 heavy (non-hydrogen) atoms. The number of carbonyl (C=O) groups is 2. The lowest BCUT2D eigenvalue weighted by molar-refractivity contribution is -0.144. The Labute approximate surface area is 247 Å². The summed E-state index contributed by atoms with van der Waals surface area (Å²) in [6.07, 6.45) is -1.86. The number of anilines is 2. The maximum absolute atomic E-state index is 14.1. The summed E-state index contributed by atoms with van der Waals surface area (Å²) in [5.41, 5.74) is -0.339. The summed E-state index contributed by atoms with van der Waals surface area (Å²) in [4.78, 5) is 32.4. The second-order valence-corrected chi connectivity index (χ2v) is 13.3. The number of benzene rings is 2. The molecule has 0 aliphatic carbocycles. The van der Waals surface area contributed by atoms with Crippen LogP contribution in [0.3, 0.4) is 0 Å². The van der Waals surface area contributed by atoms with E-state index in [-0.39, 0.29) is 53.6 Å². The maximum Gasteiger partial charge on any atom is 0.315 e. The zero-order valence-electron chi connectivity index (χ0n) is 20.9. The van der Waals surface area contributed by atoms with Crippen molar-refractivity contribution in [2.45, 2.75) is 30.3 Å². The molecule has 0 saturated carbocycles. The van der Waals surface area contributed by atoms with Crippen molar-refractivity contribution in [3.8, 4) is 0 Å². The molecule has 1 fully saturated rings. The molecule has 0 spiro atoms. The molecule has 9 nitrogen and oxygen atoms in total. The van der Waals surface area contributed by atoms with Gasteiger partial charge in [-0.15, -0.1) is 0 Å². The molecule has 1 aromatic heterocycles. The normalized spacial score (nSPS) is 19.9. The molecule has 0 radical (unpaired) electrons. The van der Waals surface area contributed by atoms with Gasteiger partial charge in [0.15, 0.2) is 5.03 Å². The highest BCUT2D eigenvalue weighted by Crippen LogP contribution is 2.45. The van der Waals surface area contributed by atoms with E-state index in [9.17, 15) is 26.8 Å². The summed E-state index contributed by atoms with van der Waals surface area (Å²) in [5, 5.41) is 0.317. The third-order valence-corrected chi connectivity index (χ3v) is 9.80. The second-order valence-electron chi connectivity index (χ2n) is 9.61. The summed E-state index contributed by atoms with van der Waals surface area (Å²) in [6, 6.07) is 11.9. The van der Waals surface area contributed by atoms with Crippen molar-refractivity contribution >= 4 is 72.6 Å². The highest BCUT2D eigenvalue weighted by atomic mass is 79.9. The number of hydrogen-bond donors (Lipinski definition) is 0. The first kappa shape index (κ1) is 28.9. The monoisotopic (exact) mass is 675 g/mol. The molecule has 1 saturated heterocycles. The SMILES string of the molecule is C[C@@]1(Cc2ccc(Br)cc2)C(=O)N(c2cc(Cl)cc(Cl)c2)c2ncc(S(=O)(=O)N3CCN(C(=O)C(F)F)CC3)n21. The lowest BCUT2D eigenvalue weighted by Crippen LogP contribution is -2.52. The van der Waals surface area contributed by atoms with Gasteiger partial charge >= 0.3 is 6.43 Å². The van der Waals surface area contributed by atoms with Gasteiger partial charge in [0.2, 0.25) is 5.95 Å². The summed E-state index contributed by atoms with van der Waals surface area (Å²) in [7, 11) is -4.26. The predicted octanol–water partition coefficient (Wildman–Crippen LogP) is 4.69. The van der Waals surface area contributed by atoms with Crippen LogP contribution in [-0.4, -0.2) is 71.6 Å². The zero-order valence-corrected chi connectivity index (χ0v) is 24.8. The van der Waals surface area contributed by atoms with Crippen LogP contribution in [0, 0.1) is 0 Å². The van der Waals surface area contributed by atoms with E-state index in [1.165, 1.54) is 33.9 Å². The van der Waals surface area contributed by atoms with Gasteiger partial charge in [-0.1, -0.05) is 51.3 Å². The van der Waals surface area contributed by atoms with E-state index >= 15 is 0 Å². The topological polar surface area (TPSA) is 95.8 Å². The largest absolute Gasteiger partial charge is 0.335 e. The Morgan fingerprint density at radius 2 is 1.68 bits per heavy atom. The van der Waals surface area contributed by atoms with E-state index < -0.39 is 33.8 Å². The molecular weight excluding hydrogens is 655 g/mol. The lowest BCUT2D eigenvalue weighted by atomic mass is 9.92. The molecule has 3 aromatic rings. The number of carbonyl (C=O) groups excluding carboxylic acids is 2. The van der Waals surface area contributed by atoms with Crippen molar-refractivity contribution < 1.29 is 26.8 Å². The van der Waals surface area contributed by atoms with Gasteiger partial charge in [0.25, 0.3) is 21.8 Å². The van der Waals surface area contributed by atoms with Gasteiger partial charge < -0.3 is 4.90 Å². The molecular formula is C25H22BrCl2F2N5O4S. The molecule has 0 unspecified atom stereocenters. The molecule has 2 aliphatic heterocycles. The van der Waals surface area contributed by atoms with Crippen molar-refractivity contribution in [2.24, 2.45) is 0 Å². The molecule has 0 N–H and O–H groups in total. The zero-order chi connectivity index (χ0) is 29.0. The molecule has 2 aromatic carbocycles. The van der Waals surface area contributed by atoms with Crippen LogP contribution in [0.2, 0.25) is 10.0 Å². The van der Waals surface area contributed by atoms with E-state index in [4.69, 9.17) is 23.2 Å². The van der Waals surface area contributed by atoms with Crippen LogP contribution in [0.25, 0.3) is 0 Å². The van der Waals surface area contributed by atoms with Crippen LogP contribution >= 0.6 is 39.1 Å². The first-order chi connectivity index (χ1) is 18.8. The third-order valence-electron chi connectivity index (χ3n) is 6.98. The number of aromatic nitrogens is 2. The van der Waals surface area contributed by atoms with Crippen molar-refractivity contribution in [1.82, 2.24) is 18.8 Å². The van der Waals surface area contributed by atoms with Gasteiger partial charge in [-0.2, -0.15) is 13.1 Å². The van der Waals surface area contributed by atoms with Crippen LogP contribution < -0.4 is 4.90 Å². The Bertz CT molecular complexity index is 1580. The van der Waals surface area contributed by atoms with Gasteiger partial charge in [0.1, 0.15) is 5.54 Å². The van der Waals surface area contributed by atoms with Crippen LogP contribution in [0.15, 0.2) is 58.2 Å². The number of alkyl halides is 2. The van der Waals surface area contributed by atoms with Crippen LogP contribution in [-0.2, 0) is 31.6 Å². The Morgan fingerprint density at radius 1 is 1.07 bits per heavy atom. The van der Waals surface area contributed by atoms with E-state index in [1.54, 1.807) is 6.92 Å². The van der Waals surface area contributed by atoms with Crippen molar-refractivity contribution in [2.75, 3.05) is 31.1 Å². The fraction of sp³-hybridized carbons (Fsp3) is 0.320. The molecule has 5 rings (SSSR count). The number of nitrogens with zero attached hydrogens (tertiary/aromatic N) is 5. The van der Waals surface area contributed by atoms with Crippen LogP contribution in [0.5, 0.6) is 0 Å². The highest BCUT2D eigenvalue weighted by molar-refractivity contribution is 9.10. The summed E-state index contributed by atoms with van der Waals surface area (Å²) >= 11 is 15.8. The molecule has 1 atom stereocenters. The first-order valence-corrected chi connectivity index (χ1v) is 15.0. The highest BCUT2D eigenvalue weighted by Gasteiger charge is 2.52. The van der Waals surface area contributed by atoms with E-state index in [0.29, 0.717) is 5.69 Å². The smallest absolute Gasteiger partial charge is 0.315 e. The summed E-state index contributed by atoms with van der Waals surface area (Å²) < 4.78 is 56.9. The quantitative estimate of drug-likeness (QED) is 0.378. The number of halogens is 5. The van der Waals surface area contributed by atoms with Gasteiger partial charge in [0.05, 0.1) is 11.9 Å². The standard InChI is InChI=1S/C25H22BrCl2F2N5O4S/c1-25(13-15-2-4-16(26)5-3-15)23(37)34(19-11-17(27)10-18(28)12-19)24-31-14-20(35(24)25)40(38,39)33-8-6-32(7-9-33)22(36)21(29)30/h2-5,10-12,14,21H,6-9,13H2,1H3/t25-/m1/s1. The molecule has 2 aliphatic rings. The molecule has 15 heteroatoms. The number of rotatable bonds is 6. The minimum Gasteiger partial charge on any atom is -0.335 e. The Hall–Kier alpha value is -2.58. The fourth-order valence-corrected chi connectivity index (χ4v) is 7.42. The summed E-state index contributed by atoms with van der Waals surface area (Å²) in [5.74, 6) is -1.72. The number of sulfonamides is 1. The number of imidazole rings is 1. The van der Waals surface area contributed by atoms with Crippen LogP contribution in [0.4, 0.5) is 20.4 Å². The predicted molar refractivity (Wildman–Crippen MR) is 149 cm³/mol. The second kappa shape index (κ2) is 10.7. The molecule has 2 amide bonds. The molecule has 0 bridgehead atoms. The van der Waals surface area contributed by atoms with Gasteiger partial charge in [-0.05, 0) is 42.8 Å². The maximum atomic E-state index is 14.1. The lowest BCUT2D eigenvalue weighted by Gasteiger charge is -2.34. The Morgan fingerprint density at radius 3 is 2.25 bits per heavy atom. The van der Waals surface area contributed by atoms with E-state index in [2.05, 4.69) is 20.9 Å². The molecule has 212 valence electrons. The first-order valence-electron chi connectivity index (χ1n) is 12.0. The van der Waals surface area contributed by atoms with Crippen molar-refractivity contribution in [3.05, 3.63) is 68.7 Å². The summed E-state index contributed by atoms with van der Waals surface area (Å²) in [6.45, 7) is 0.878. The average molecular weight is 677 g/mol. The number of piperazine rings is 1. The third kappa shape index (κ3) is 5.02. The van der Waals surface area contributed by atoms with Gasteiger partial charge in [-0.3, -0.25) is 14.2 Å².